The molecule has 0 aromatic heterocycles. The fourth-order valence-electron chi connectivity index (χ4n) is 4.97. The first-order valence-corrected chi connectivity index (χ1v) is 9.49. The van der Waals surface area contributed by atoms with E-state index in [1.54, 1.807) is 0 Å². The fraction of sp³-hybridized carbons (Fsp3) is 1.00. The predicted octanol–water partition coefficient (Wildman–Crippen LogP) is 2.71. The number of hydrogen-bond acceptors (Lipinski definition) is 3. The van der Waals surface area contributed by atoms with Crippen LogP contribution in [0.25, 0.3) is 0 Å². The van der Waals surface area contributed by atoms with E-state index in [0.29, 0.717) is 0 Å². The zero-order valence-electron chi connectivity index (χ0n) is 14.2. The Bertz CT molecular complexity index is 320. The minimum atomic E-state index is 0.762. The molecule has 0 spiro atoms. The Labute approximate surface area is 131 Å². The second kappa shape index (κ2) is 7.43. The molecule has 1 saturated carbocycles. The van der Waals surface area contributed by atoms with E-state index in [1.165, 1.54) is 71.1 Å². The topological polar surface area (TPSA) is 18.5 Å². The van der Waals surface area contributed by atoms with Gasteiger partial charge in [0.15, 0.2) is 0 Å². The number of piperidine rings is 1. The Balaban J connectivity index is 1.48. The van der Waals surface area contributed by atoms with E-state index in [2.05, 4.69) is 29.0 Å². The summed E-state index contributed by atoms with van der Waals surface area (Å²) in [7, 11) is 0. The van der Waals surface area contributed by atoms with Gasteiger partial charge in [-0.3, -0.25) is 9.80 Å². The van der Waals surface area contributed by atoms with Crippen LogP contribution in [0.4, 0.5) is 0 Å². The van der Waals surface area contributed by atoms with E-state index in [0.717, 1.165) is 30.6 Å². The number of fused-ring (bicyclic) bond motifs is 1. The highest BCUT2D eigenvalue weighted by Crippen LogP contribution is 2.30. The third-order valence-corrected chi connectivity index (χ3v) is 6.23. The van der Waals surface area contributed by atoms with Crippen LogP contribution in [0.5, 0.6) is 0 Å². The van der Waals surface area contributed by atoms with Gasteiger partial charge in [0.1, 0.15) is 0 Å². The summed E-state index contributed by atoms with van der Waals surface area (Å²) in [6.45, 7) is 11.2. The van der Waals surface area contributed by atoms with Gasteiger partial charge in [0, 0.05) is 31.2 Å². The minimum Gasteiger partial charge on any atom is -0.314 e. The molecular weight excluding hydrogens is 258 g/mol. The maximum atomic E-state index is 3.71. The number of hydrogen-bond donors (Lipinski definition) is 1. The summed E-state index contributed by atoms with van der Waals surface area (Å²) in [6.07, 6.45) is 10.0. The molecule has 2 saturated heterocycles. The lowest BCUT2D eigenvalue weighted by Gasteiger charge is -2.47. The van der Waals surface area contributed by atoms with E-state index in [-0.39, 0.29) is 0 Å². The van der Waals surface area contributed by atoms with Crippen LogP contribution >= 0.6 is 0 Å². The monoisotopic (exact) mass is 293 g/mol. The van der Waals surface area contributed by atoms with E-state index < -0.39 is 0 Å². The summed E-state index contributed by atoms with van der Waals surface area (Å²) in [5, 5.41) is 3.71. The third kappa shape index (κ3) is 3.80. The molecule has 21 heavy (non-hydrogen) atoms. The van der Waals surface area contributed by atoms with Crippen LogP contribution in [-0.2, 0) is 0 Å². The van der Waals surface area contributed by atoms with Crippen molar-refractivity contribution in [2.45, 2.75) is 76.9 Å². The van der Waals surface area contributed by atoms with Gasteiger partial charge < -0.3 is 5.32 Å². The van der Waals surface area contributed by atoms with E-state index >= 15 is 0 Å². The van der Waals surface area contributed by atoms with Gasteiger partial charge in [-0.25, -0.2) is 0 Å². The first-order chi connectivity index (χ1) is 10.3. The lowest BCUT2D eigenvalue weighted by Crippen LogP contribution is -2.58. The Morgan fingerprint density at radius 3 is 2.81 bits per heavy atom. The van der Waals surface area contributed by atoms with Crippen LogP contribution in [0.3, 0.4) is 0 Å². The molecule has 4 unspecified atom stereocenters. The second-order valence-electron chi connectivity index (χ2n) is 7.63. The molecule has 0 aromatic rings. The van der Waals surface area contributed by atoms with Crippen molar-refractivity contribution >= 4 is 0 Å². The van der Waals surface area contributed by atoms with E-state index in [1.807, 2.05) is 0 Å². The summed E-state index contributed by atoms with van der Waals surface area (Å²) < 4.78 is 0. The lowest BCUT2D eigenvalue weighted by molar-refractivity contribution is 0.0124. The van der Waals surface area contributed by atoms with Crippen LogP contribution in [0.15, 0.2) is 0 Å². The molecule has 0 amide bonds. The first-order valence-electron chi connectivity index (χ1n) is 9.49. The maximum Gasteiger partial charge on any atom is 0.0223 e. The molecule has 3 rings (SSSR count). The van der Waals surface area contributed by atoms with Crippen molar-refractivity contribution in [1.29, 1.82) is 0 Å². The molecule has 1 N–H and O–H groups in total. The van der Waals surface area contributed by atoms with Gasteiger partial charge in [0.25, 0.3) is 0 Å². The molecular formula is C18H35N3. The predicted molar refractivity (Wildman–Crippen MR) is 89.7 cm³/mol. The number of rotatable bonds is 5. The molecule has 3 fully saturated rings. The van der Waals surface area contributed by atoms with Gasteiger partial charge in [0.2, 0.25) is 0 Å². The van der Waals surface area contributed by atoms with Gasteiger partial charge in [0.05, 0.1) is 0 Å². The highest BCUT2D eigenvalue weighted by atomic mass is 15.3. The van der Waals surface area contributed by atoms with Crippen molar-refractivity contribution in [1.82, 2.24) is 15.1 Å². The number of nitrogens with zero attached hydrogens (tertiary/aromatic N) is 2. The molecule has 0 aromatic carbocycles. The summed E-state index contributed by atoms with van der Waals surface area (Å²) in [6, 6.07) is 2.43. The quantitative estimate of drug-likeness (QED) is 0.841. The van der Waals surface area contributed by atoms with Gasteiger partial charge in [-0.15, -0.1) is 0 Å². The van der Waals surface area contributed by atoms with Gasteiger partial charge in [-0.2, -0.15) is 0 Å². The lowest BCUT2D eigenvalue weighted by atomic mass is 9.95. The third-order valence-electron chi connectivity index (χ3n) is 6.23. The normalized spacial score (nSPS) is 38.6. The molecule has 2 aliphatic heterocycles. The Hall–Kier alpha value is -0.120. The zero-order chi connectivity index (χ0) is 14.7. The molecule has 3 heteroatoms. The van der Waals surface area contributed by atoms with Crippen molar-refractivity contribution < 1.29 is 0 Å². The van der Waals surface area contributed by atoms with E-state index in [4.69, 9.17) is 0 Å². The van der Waals surface area contributed by atoms with Crippen LogP contribution in [0.1, 0.15) is 58.8 Å². The molecule has 3 nitrogen and oxygen atoms in total. The standard InChI is InChI=1S/C18H35N3/c1-3-19-18-9-6-7-16(18)10-12-20-14-17-8-4-5-11-21(17)13-15(20)2/h15-19H,3-14H2,1-2H3. The highest BCUT2D eigenvalue weighted by molar-refractivity contribution is 4.90. The van der Waals surface area contributed by atoms with Crippen LogP contribution < -0.4 is 5.32 Å². The van der Waals surface area contributed by atoms with E-state index in [9.17, 15) is 0 Å². The van der Waals surface area contributed by atoms with Crippen molar-refractivity contribution in [3.63, 3.8) is 0 Å². The van der Waals surface area contributed by atoms with Gasteiger partial charge in [-0.05, 0) is 64.6 Å². The molecule has 122 valence electrons. The van der Waals surface area contributed by atoms with Crippen molar-refractivity contribution in [2.75, 3.05) is 32.7 Å². The summed E-state index contributed by atoms with van der Waals surface area (Å²) in [5.41, 5.74) is 0. The summed E-state index contributed by atoms with van der Waals surface area (Å²) in [5.74, 6) is 0.932. The number of piperazine rings is 1. The average molecular weight is 293 g/mol. The smallest absolute Gasteiger partial charge is 0.0223 e. The Morgan fingerprint density at radius 1 is 1.05 bits per heavy atom. The van der Waals surface area contributed by atoms with Gasteiger partial charge >= 0.3 is 0 Å². The van der Waals surface area contributed by atoms with Crippen molar-refractivity contribution in [2.24, 2.45) is 5.92 Å². The maximum absolute atomic E-state index is 3.71. The zero-order valence-corrected chi connectivity index (χ0v) is 14.2. The van der Waals surface area contributed by atoms with Crippen LogP contribution in [0.2, 0.25) is 0 Å². The molecule has 2 heterocycles. The van der Waals surface area contributed by atoms with Crippen molar-refractivity contribution in [3.05, 3.63) is 0 Å². The van der Waals surface area contributed by atoms with Crippen LogP contribution in [0, 0.1) is 5.92 Å². The SMILES string of the molecule is CCNC1CCCC1CCN1CC2CCCCN2CC1C. The average Bonchev–Trinajstić information content (AvgIpc) is 2.93. The first kappa shape index (κ1) is 15.8. The fourth-order valence-corrected chi connectivity index (χ4v) is 4.97. The van der Waals surface area contributed by atoms with Crippen LogP contribution in [-0.4, -0.2) is 60.6 Å². The molecule has 3 aliphatic rings. The Morgan fingerprint density at radius 2 is 1.95 bits per heavy atom. The molecule has 0 bridgehead atoms. The molecule has 1 aliphatic carbocycles. The minimum absolute atomic E-state index is 0.762. The molecule has 0 radical (unpaired) electrons. The largest absolute Gasteiger partial charge is 0.314 e. The number of nitrogens with one attached hydrogen (secondary N) is 1. The molecule has 4 atom stereocenters. The Kier molecular flexibility index (Phi) is 5.58. The summed E-state index contributed by atoms with van der Waals surface area (Å²) in [4.78, 5) is 5.56. The summed E-state index contributed by atoms with van der Waals surface area (Å²) >= 11 is 0. The highest BCUT2D eigenvalue weighted by Gasteiger charge is 2.34. The van der Waals surface area contributed by atoms with Gasteiger partial charge in [-0.1, -0.05) is 19.8 Å². The second-order valence-corrected chi connectivity index (χ2v) is 7.63. The van der Waals surface area contributed by atoms with Crippen molar-refractivity contribution in [3.8, 4) is 0 Å².